The van der Waals surface area contributed by atoms with Crippen molar-refractivity contribution in [2.24, 2.45) is 10.9 Å². The van der Waals surface area contributed by atoms with E-state index in [1.807, 2.05) is 114 Å². The highest BCUT2D eigenvalue weighted by molar-refractivity contribution is 6.08. The number of halogens is 3. The van der Waals surface area contributed by atoms with Gasteiger partial charge in [-0.15, -0.1) is 0 Å². The first-order chi connectivity index (χ1) is 21.9. The number of rotatable bonds is 4. The van der Waals surface area contributed by atoms with Gasteiger partial charge in [-0.2, -0.15) is 13.2 Å². The van der Waals surface area contributed by atoms with Gasteiger partial charge in [-0.3, -0.25) is 9.56 Å². The Balaban J connectivity index is 1.23. The monoisotopic (exact) mass is 594 g/mol. The summed E-state index contributed by atoms with van der Waals surface area (Å²) in [4.78, 5) is 14.3. The van der Waals surface area contributed by atoms with Crippen LogP contribution in [-0.4, -0.2) is 26.4 Å². The molecule has 0 N–H and O–H groups in total. The van der Waals surface area contributed by atoms with E-state index < -0.39 is 12.1 Å². The van der Waals surface area contributed by atoms with Gasteiger partial charge in [-0.05, 0) is 65.4 Å². The van der Waals surface area contributed by atoms with Crippen molar-refractivity contribution < 1.29 is 13.2 Å². The van der Waals surface area contributed by atoms with Crippen molar-refractivity contribution in [3.8, 4) is 16.9 Å². The normalized spacial score (nSPS) is 15.4. The highest BCUT2D eigenvalue weighted by Crippen LogP contribution is 2.38. The summed E-state index contributed by atoms with van der Waals surface area (Å²) in [5.74, 6) is -1.69. The fourth-order valence-corrected chi connectivity index (χ4v) is 6.19. The van der Waals surface area contributed by atoms with Crippen LogP contribution >= 0.6 is 0 Å². The van der Waals surface area contributed by atoms with Gasteiger partial charge in [0.25, 0.3) is 0 Å². The van der Waals surface area contributed by atoms with Crippen molar-refractivity contribution in [3.05, 3.63) is 145 Å². The number of pyridine rings is 2. The third-order valence-corrected chi connectivity index (χ3v) is 8.37. The number of hydrogen-bond acceptors (Lipinski definition) is 3. The second-order valence-electron chi connectivity index (χ2n) is 11.2. The third kappa shape index (κ3) is 4.86. The Hall–Kier alpha value is -5.56. The van der Waals surface area contributed by atoms with Crippen LogP contribution in [0.5, 0.6) is 0 Å². The van der Waals surface area contributed by atoms with Crippen molar-refractivity contribution in [3.63, 3.8) is 0 Å². The molecule has 0 bridgehead atoms. The van der Waals surface area contributed by atoms with Crippen molar-refractivity contribution >= 4 is 44.1 Å². The zero-order chi connectivity index (χ0) is 30.5. The Labute approximate surface area is 256 Å². The first-order valence-corrected chi connectivity index (χ1v) is 14.7. The maximum absolute atomic E-state index is 14.3. The van der Waals surface area contributed by atoms with E-state index in [9.17, 15) is 13.2 Å². The number of aliphatic imine (C=N–C) groups is 1. The van der Waals surface area contributed by atoms with E-state index in [0.717, 1.165) is 44.0 Å². The van der Waals surface area contributed by atoms with E-state index in [4.69, 9.17) is 9.98 Å². The van der Waals surface area contributed by atoms with E-state index >= 15 is 0 Å². The lowest BCUT2D eigenvalue weighted by atomic mass is 9.93. The summed E-state index contributed by atoms with van der Waals surface area (Å²) in [5.41, 5.74) is 5.71. The van der Waals surface area contributed by atoms with Crippen LogP contribution in [-0.2, 0) is 0 Å². The van der Waals surface area contributed by atoms with Gasteiger partial charge in [0.2, 0.25) is 0 Å². The van der Waals surface area contributed by atoms with Crippen LogP contribution in [0.4, 0.5) is 13.2 Å². The standard InChI is InChI=1S/C38H25F3N4/c39-38(40,41)28-22-34(26-10-5-11-29(21-26)45-36-16-4-3-12-30(36)31-13-7-19-42-37(31)45)44-35(23-28)33-15-6-14-32(43-33)27-18-17-24-8-1-2-9-25(24)20-27/h1-22,28H,23H2. The van der Waals surface area contributed by atoms with Crippen LogP contribution in [0.15, 0.2) is 139 Å². The van der Waals surface area contributed by atoms with Gasteiger partial charge >= 0.3 is 6.18 Å². The molecule has 45 heavy (non-hydrogen) atoms. The zero-order valence-electron chi connectivity index (χ0n) is 23.9. The largest absolute Gasteiger partial charge is 0.395 e. The summed E-state index contributed by atoms with van der Waals surface area (Å²) >= 11 is 0. The summed E-state index contributed by atoms with van der Waals surface area (Å²) in [7, 11) is 0. The molecule has 0 spiro atoms. The quantitative estimate of drug-likeness (QED) is 0.204. The van der Waals surface area contributed by atoms with Crippen molar-refractivity contribution in [2.45, 2.75) is 12.6 Å². The Morgan fingerprint density at radius 3 is 2.33 bits per heavy atom. The van der Waals surface area contributed by atoms with Crippen molar-refractivity contribution in [1.29, 1.82) is 0 Å². The van der Waals surface area contributed by atoms with Gasteiger partial charge in [0.05, 0.1) is 34.2 Å². The fraction of sp³-hybridized carbons (Fsp3) is 0.0789. The predicted octanol–water partition coefficient (Wildman–Crippen LogP) is 9.81. The zero-order valence-corrected chi connectivity index (χ0v) is 23.9. The minimum Gasteiger partial charge on any atom is -0.294 e. The molecule has 4 nitrogen and oxygen atoms in total. The van der Waals surface area contributed by atoms with Gasteiger partial charge in [0, 0.05) is 40.2 Å². The molecule has 3 aromatic heterocycles. The number of hydrogen-bond donors (Lipinski definition) is 0. The maximum Gasteiger partial charge on any atom is 0.395 e. The number of allylic oxidation sites excluding steroid dienone is 1. The number of benzene rings is 4. The number of alkyl halides is 3. The molecule has 7 heteroatoms. The van der Waals surface area contributed by atoms with Gasteiger partial charge in [0.15, 0.2) is 0 Å². The third-order valence-electron chi connectivity index (χ3n) is 8.37. The summed E-state index contributed by atoms with van der Waals surface area (Å²) in [5, 5.41) is 4.23. The molecule has 0 amide bonds. The molecule has 4 aromatic carbocycles. The van der Waals surface area contributed by atoms with E-state index in [-0.39, 0.29) is 12.1 Å². The molecule has 1 unspecified atom stereocenters. The van der Waals surface area contributed by atoms with Gasteiger partial charge in [-0.25, -0.2) is 9.97 Å². The van der Waals surface area contributed by atoms with E-state index in [1.54, 1.807) is 18.3 Å². The Morgan fingerprint density at radius 1 is 0.667 bits per heavy atom. The average Bonchev–Trinajstić information content (AvgIpc) is 3.42. The van der Waals surface area contributed by atoms with Crippen LogP contribution < -0.4 is 0 Å². The molecule has 0 saturated heterocycles. The molecular formula is C38H25F3N4. The second-order valence-corrected chi connectivity index (χ2v) is 11.2. The van der Waals surface area contributed by atoms with E-state index in [1.165, 1.54) is 6.08 Å². The molecule has 1 aliphatic heterocycles. The molecule has 0 saturated carbocycles. The molecule has 0 aliphatic carbocycles. The van der Waals surface area contributed by atoms with Gasteiger partial charge in [0.1, 0.15) is 5.65 Å². The topological polar surface area (TPSA) is 43.1 Å². The molecule has 8 rings (SSSR count). The van der Waals surface area contributed by atoms with Gasteiger partial charge < -0.3 is 0 Å². The molecule has 1 aliphatic rings. The van der Waals surface area contributed by atoms with Crippen LogP contribution in [0.25, 0.3) is 55.4 Å². The van der Waals surface area contributed by atoms with E-state index in [2.05, 4.69) is 4.98 Å². The summed E-state index contributed by atoms with van der Waals surface area (Å²) in [6, 6.07) is 38.9. The first-order valence-electron chi connectivity index (χ1n) is 14.7. The minimum atomic E-state index is -4.43. The smallest absolute Gasteiger partial charge is 0.294 e. The number of aromatic nitrogens is 3. The van der Waals surface area contributed by atoms with Crippen molar-refractivity contribution in [2.75, 3.05) is 0 Å². The number of nitrogens with zero attached hydrogens (tertiary/aromatic N) is 4. The van der Waals surface area contributed by atoms with Crippen LogP contribution in [0.1, 0.15) is 17.7 Å². The summed E-state index contributed by atoms with van der Waals surface area (Å²) in [6.07, 6.45) is -1.73. The lowest BCUT2D eigenvalue weighted by Crippen LogP contribution is -2.27. The number of fused-ring (bicyclic) bond motifs is 4. The van der Waals surface area contributed by atoms with Gasteiger partial charge in [-0.1, -0.05) is 72.8 Å². The highest BCUT2D eigenvalue weighted by Gasteiger charge is 2.41. The number of para-hydroxylation sites is 1. The lowest BCUT2D eigenvalue weighted by Gasteiger charge is -2.23. The second kappa shape index (κ2) is 10.6. The fourth-order valence-electron chi connectivity index (χ4n) is 6.19. The molecule has 0 fully saturated rings. The molecular weight excluding hydrogens is 569 g/mol. The Bertz CT molecular complexity index is 2260. The van der Waals surface area contributed by atoms with Crippen LogP contribution in [0.3, 0.4) is 0 Å². The maximum atomic E-state index is 14.3. The first kappa shape index (κ1) is 27.0. The SMILES string of the molecule is FC(F)(F)C1C=C(c2cccc(-n3c4ccccc4c4cccnc43)c2)N=C(c2cccc(-c3ccc4ccccc4c3)n2)C1. The summed E-state index contributed by atoms with van der Waals surface area (Å²) in [6.45, 7) is 0. The van der Waals surface area contributed by atoms with Crippen molar-refractivity contribution in [1.82, 2.24) is 14.5 Å². The lowest BCUT2D eigenvalue weighted by molar-refractivity contribution is -0.159. The van der Waals surface area contributed by atoms with Crippen LogP contribution in [0.2, 0.25) is 0 Å². The Morgan fingerprint density at radius 2 is 1.44 bits per heavy atom. The molecule has 7 aromatic rings. The summed E-state index contributed by atoms with van der Waals surface area (Å²) < 4.78 is 45.0. The molecule has 218 valence electrons. The molecule has 4 heterocycles. The molecule has 1 atom stereocenters. The molecule has 0 radical (unpaired) electrons. The minimum absolute atomic E-state index is 0.270. The average molecular weight is 595 g/mol. The Kier molecular flexibility index (Phi) is 6.34. The predicted molar refractivity (Wildman–Crippen MR) is 174 cm³/mol. The highest BCUT2D eigenvalue weighted by atomic mass is 19.4. The van der Waals surface area contributed by atoms with E-state index in [0.29, 0.717) is 22.7 Å². The van der Waals surface area contributed by atoms with Crippen LogP contribution in [0, 0.1) is 5.92 Å².